The van der Waals surface area contributed by atoms with Crippen molar-refractivity contribution < 1.29 is 9.21 Å². The molecule has 3 rings (SSSR count). The molecular formula is C14H21N3O2. The van der Waals surface area contributed by atoms with E-state index in [1.54, 1.807) is 6.26 Å². The van der Waals surface area contributed by atoms with E-state index < -0.39 is 0 Å². The SMILES string of the molecule is O=C(CN1C[C@@H]2CCCN[C@@H]2C1)NCc1ccco1. The molecule has 5 nitrogen and oxygen atoms in total. The van der Waals surface area contributed by atoms with Gasteiger partial charge in [-0.25, -0.2) is 0 Å². The minimum atomic E-state index is 0.0787. The number of likely N-dealkylation sites (tertiary alicyclic amines) is 1. The van der Waals surface area contributed by atoms with E-state index in [9.17, 15) is 4.79 Å². The van der Waals surface area contributed by atoms with E-state index in [-0.39, 0.29) is 5.91 Å². The Kier molecular flexibility index (Phi) is 3.84. The number of hydrogen-bond donors (Lipinski definition) is 2. The molecule has 0 radical (unpaired) electrons. The van der Waals surface area contributed by atoms with Gasteiger partial charge in [0.05, 0.1) is 19.4 Å². The number of hydrogen-bond acceptors (Lipinski definition) is 4. The van der Waals surface area contributed by atoms with Gasteiger partial charge in [0.2, 0.25) is 5.91 Å². The molecule has 3 heterocycles. The van der Waals surface area contributed by atoms with Crippen molar-refractivity contribution in [1.29, 1.82) is 0 Å². The highest BCUT2D eigenvalue weighted by Gasteiger charge is 2.34. The van der Waals surface area contributed by atoms with Crippen molar-refractivity contribution in [2.24, 2.45) is 5.92 Å². The molecule has 2 fully saturated rings. The molecule has 0 bridgehead atoms. The molecule has 1 aromatic rings. The Balaban J connectivity index is 1.42. The van der Waals surface area contributed by atoms with Gasteiger partial charge in [-0.1, -0.05) is 0 Å². The summed E-state index contributed by atoms with van der Waals surface area (Å²) < 4.78 is 5.19. The second-order valence-electron chi connectivity index (χ2n) is 5.51. The van der Waals surface area contributed by atoms with Gasteiger partial charge in [-0.3, -0.25) is 9.69 Å². The van der Waals surface area contributed by atoms with Crippen LogP contribution in [0, 0.1) is 5.92 Å². The zero-order valence-corrected chi connectivity index (χ0v) is 11.1. The average molecular weight is 263 g/mol. The summed E-state index contributed by atoms with van der Waals surface area (Å²) >= 11 is 0. The van der Waals surface area contributed by atoms with Crippen molar-refractivity contribution in [3.05, 3.63) is 24.2 Å². The molecule has 19 heavy (non-hydrogen) atoms. The van der Waals surface area contributed by atoms with Crippen LogP contribution in [0.1, 0.15) is 18.6 Å². The van der Waals surface area contributed by atoms with Crippen molar-refractivity contribution in [3.8, 4) is 0 Å². The van der Waals surface area contributed by atoms with Gasteiger partial charge in [0.15, 0.2) is 0 Å². The van der Waals surface area contributed by atoms with Crippen molar-refractivity contribution in [2.45, 2.75) is 25.4 Å². The number of furan rings is 1. The lowest BCUT2D eigenvalue weighted by atomic mass is 9.94. The fraction of sp³-hybridized carbons (Fsp3) is 0.643. The fourth-order valence-corrected chi connectivity index (χ4v) is 3.12. The number of fused-ring (bicyclic) bond motifs is 1. The third-order valence-electron chi connectivity index (χ3n) is 4.08. The minimum absolute atomic E-state index is 0.0787. The Morgan fingerprint density at radius 3 is 3.26 bits per heavy atom. The topological polar surface area (TPSA) is 57.5 Å². The van der Waals surface area contributed by atoms with Crippen LogP contribution in [0.25, 0.3) is 0 Å². The highest BCUT2D eigenvalue weighted by molar-refractivity contribution is 5.78. The van der Waals surface area contributed by atoms with Crippen LogP contribution in [0.4, 0.5) is 0 Å². The lowest BCUT2D eigenvalue weighted by Crippen LogP contribution is -2.41. The summed E-state index contributed by atoms with van der Waals surface area (Å²) in [5.74, 6) is 1.60. The third-order valence-corrected chi connectivity index (χ3v) is 4.08. The first kappa shape index (κ1) is 12.7. The third kappa shape index (κ3) is 3.16. The van der Waals surface area contributed by atoms with Gasteiger partial charge in [0.25, 0.3) is 0 Å². The fourth-order valence-electron chi connectivity index (χ4n) is 3.12. The van der Waals surface area contributed by atoms with Crippen LogP contribution in [0.2, 0.25) is 0 Å². The summed E-state index contributed by atoms with van der Waals surface area (Å²) in [6.45, 7) is 4.14. The molecule has 1 aromatic heterocycles. The molecule has 5 heteroatoms. The Bertz CT molecular complexity index is 404. The summed E-state index contributed by atoms with van der Waals surface area (Å²) in [5, 5.41) is 6.45. The zero-order chi connectivity index (χ0) is 13.1. The summed E-state index contributed by atoms with van der Waals surface area (Å²) in [7, 11) is 0. The number of carbonyl (C=O) groups is 1. The second-order valence-corrected chi connectivity index (χ2v) is 5.51. The van der Waals surface area contributed by atoms with Crippen molar-refractivity contribution in [3.63, 3.8) is 0 Å². The van der Waals surface area contributed by atoms with E-state index in [1.165, 1.54) is 12.8 Å². The summed E-state index contributed by atoms with van der Waals surface area (Å²) in [6.07, 6.45) is 4.18. The van der Waals surface area contributed by atoms with E-state index in [0.717, 1.165) is 31.3 Å². The first-order chi connectivity index (χ1) is 9.31. The van der Waals surface area contributed by atoms with E-state index in [0.29, 0.717) is 19.1 Å². The van der Waals surface area contributed by atoms with Crippen molar-refractivity contribution in [1.82, 2.24) is 15.5 Å². The van der Waals surface area contributed by atoms with E-state index in [4.69, 9.17) is 4.42 Å². The summed E-state index contributed by atoms with van der Waals surface area (Å²) in [4.78, 5) is 14.1. The monoisotopic (exact) mass is 263 g/mol. The first-order valence-electron chi connectivity index (χ1n) is 7.06. The molecule has 1 amide bonds. The molecule has 104 valence electrons. The molecular weight excluding hydrogens is 242 g/mol. The van der Waals surface area contributed by atoms with Gasteiger partial charge in [0.1, 0.15) is 5.76 Å². The first-order valence-corrected chi connectivity index (χ1v) is 7.06. The Hall–Kier alpha value is -1.33. The van der Waals surface area contributed by atoms with Crippen molar-refractivity contribution in [2.75, 3.05) is 26.2 Å². The van der Waals surface area contributed by atoms with Gasteiger partial charge in [-0.2, -0.15) is 0 Å². The second kappa shape index (κ2) is 5.75. The Morgan fingerprint density at radius 1 is 1.53 bits per heavy atom. The number of piperidine rings is 1. The zero-order valence-electron chi connectivity index (χ0n) is 11.1. The van der Waals surface area contributed by atoms with Gasteiger partial charge < -0.3 is 15.1 Å². The number of carbonyl (C=O) groups excluding carboxylic acids is 1. The Labute approximate surface area is 113 Å². The number of nitrogens with zero attached hydrogens (tertiary/aromatic N) is 1. The number of amides is 1. The predicted molar refractivity (Wildman–Crippen MR) is 71.5 cm³/mol. The lowest BCUT2D eigenvalue weighted by molar-refractivity contribution is -0.122. The molecule has 2 N–H and O–H groups in total. The van der Waals surface area contributed by atoms with Crippen LogP contribution < -0.4 is 10.6 Å². The van der Waals surface area contributed by atoms with Crippen LogP contribution >= 0.6 is 0 Å². The molecule has 0 spiro atoms. The quantitative estimate of drug-likeness (QED) is 0.834. The summed E-state index contributed by atoms with van der Waals surface area (Å²) in [5.41, 5.74) is 0. The van der Waals surface area contributed by atoms with Crippen molar-refractivity contribution >= 4 is 5.91 Å². The van der Waals surface area contributed by atoms with Crippen LogP contribution in [0.5, 0.6) is 0 Å². The molecule has 0 saturated carbocycles. The smallest absolute Gasteiger partial charge is 0.234 e. The van der Waals surface area contributed by atoms with E-state index >= 15 is 0 Å². The lowest BCUT2D eigenvalue weighted by Gasteiger charge is -2.24. The van der Waals surface area contributed by atoms with Gasteiger partial charge in [-0.05, 0) is 37.4 Å². The Morgan fingerprint density at radius 2 is 2.47 bits per heavy atom. The highest BCUT2D eigenvalue weighted by Crippen LogP contribution is 2.24. The van der Waals surface area contributed by atoms with Gasteiger partial charge in [-0.15, -0.1) is 0 Å². The number of rotatable bonds is 4. The molecule has 2 atom stereocenters. The maximum absolute atomic E-state index is 11.9. The average Bonchev–Trinajstić information content (AvgIpc) is 3.04. The van der Waals surface area contributed by atoms with E-state index in [1.807, 2.05) is 12.1 Å². The standard InChI is InChI=1S/C14H21N3O2/c18-14(16-7-12-4-2-6-19-12)10-17-8-11-3-1-5-15-13(11)9-17/h2,4,6,11,13,15H,1,3,5,7-10H2,(H,16,18)/t11-,13+/m0/s1. The van der Waals surface area contributed by atoms with Gasteiger partial charge >= 0.3 is 0 Å². The van der Waals surface area contributed by atoms with Crippen LogP contribution in [0.3, 0.4) is 0 Å². The largest absolute Gasteiger partial charge is 0.467 e. The minimum Gasteiger partial charge on any atom is -0.467 e. The maximum atomic E-state index is 11.9. The molecule has 0 aliphatic carbocycles. The normalized spacial score (nSPS) is 27.2. The maximum Gasteiger partial charge on any atom is 0.234 e. The molecule has 0 unspecified atom stereocenters. The van der Waals surface area contributed by atoms with E-state index in [2.05, 4.69) is 15.5 Å². The van der Waals surface area contributed by atoms with Crippen LogP contribution in [-0.4, -0.2) is 43.0 Å². The molecule has 2 aliphatic heterocycles. The van der Waals surface area contributed by atoms with Gasteiger partial charge in [0, 0.05) is 19.1 Å². The highest BCUT2D eigenvalue weighted by atomic mass is 16.3. The number of nitrogens with one attached hydrogen (secondary N) is 2. The molecule has 2 aliphatic rings. The predicted octanol–water partition coefficient (Wildman–Crippen LogP) is 0.580. The molecule has 0 aromatic carbocycles. The van der Waals surface area contributed by atoms with Crippen LogP contribution in [-0.2, 0) is 11.3 Å². The summed E-state index contributed by atoms with van der Waals surface area (Å²) in [6, 6.07) is 4.29. The van der Waals surface area contributed by atoms with Crippen LogP contribution in [0.15, 0.2) is 22.8 Å². The molecule has 2 saturated heterocycles.